The molecule has 2 aliphatic rings. The van der Waals surface area contributed by atoms with Crippen molar-refractivity contribution in [3.63, 3.8) is 0 Å². The Bertz CT molecular complexity index is 466. The van der Waals surface area contributed by atoms with E-state index in [9.17, 15) is 0 Å². The molecular weight excluding hydrogens is 262 g/mol. The van der Waals surface area contributed by atoms with Crippen molar-refractivity contribution in [2.45, 2.75) is 51.5 Å². The molecule has 0 bridgehead atoms. The molecule has 1 aromatic heterocycles. The van der Waals surface area contributed by atoms with Crippen molar-refractivity contribution in [1.29, 1.82) is 0 Å². The summed E-state index contributed by atoms with van der Waals surface area (Å²) in [6.45, 7) is 8.81. The van der Waals surface area contributed by atoms with Crippen molar-refractivity contribution in [3.05, 3.63) is 11.9 Å². The minimum atomic E-state index is 0.416. The molecule has 3 rings (SSSR count). The Labute approximate surface area is 127 Å². The summed E-state index contributed by atoms with van der Waals surface area (Å²) in [5.74, 6) is 3.50. The van der Waals surface area contributed by atoms with Gasteiger partial charge in [-0.3, -0.25) is 0 Å². The van der Waals surface area contributed by atoms with Gasteiger partial charge in [-0.1, -0.05) is 0 Å². The van der Waals surface area contributed by atoms with E-state index in [0.717, 1.165) is 30.5 Å². The molecule has 116 valence electrons. The summed E-state index contributed by atoms with van der Waals surface area (Å²) in [6, 6.07) is 2.45. The summed E-state index contributed by atoms with van der Waals surface area (Å²) in [7, 11) is 0. The smallest absolute Gasteiger partial charge is 0.136 e. The molecule has 1 aromatic rings. The fraction of sp³-hybridized carbons (Fsp3) is 0.750. The Morgan fingerprint density at radius 1 is 1.24 bits per heavy atom. The number of anilines is 2. The zero-order valence-corrected chi connectivity index (χ0v) is 13.2. The van der Waals surface area contributed by atoms with E-state index in [0.29, 0.717) is 12.0 Å². The van der Waals surface area contributed by atoms with Crippen LogP contribution in [0.5, 0.6) is 0 Å². The molecule has 21 heavy (non-hydrogen) atoms. The van der Waals surface area contributed by atoms with Crippen LogP contribution in [0.4, 0.5) is 11.6 Å². The van der Waals surface area contributed by atoms with Gasteiger partial charge in [0.2, 0.25) is 0 Å². The molecule has 2 heterocycles. The van der Waals surface area contributed by atoms with E-state index < -0.39 is 0 Å². The van der Waals surface area contributed by atoms with Crippen LogP contribution in [-0.2, 0) is 0 Å². The third kappa shape index (κ3) is 4.06. The van der Waals surface area contributed by atoms with Crippen molar-refractivity contribution < 1.29 is 0 Å². The van der Waals surface area contributed by atoms with Gasteiger partial charge in [0.1, 0.15) is 17.5 Å². The van der Waals surface area contributed by atoms with E-state index in [1.165, 1.54) is 38.8 Å². The van der Waals surface area contributed by atoms with Crippen molar-refractivity contribution in [2.75, 3.05) is 36.8 Å². The molecule has 5 heteroatoms. The molecule has 0 amide bonds. The Balaban J connectivity index is 1.64. The summed E-state index contributed by atoms with van der Waals surface area (Å²) in [4.78, 5) is 11.9. The Hall–Kier alpha value is -1.36. The maximum atomic E-state index is 4.71. The van der Waals surface area contributed by atoms with Gasteiger partial charge in [0.05, 0.1) is 0 Å². The first kappa shape index (κ1) is 14.6. The molecule has 2 N–H and O–H groups in total. The van der Waals surface area contributed by atoms with Crippen LogP contribution < -0.4 is 10.6 Å². The average Bonchev–Trinajstić information content (AvgIpc) is 3.18. The van der Waals surface area contributed by atoms with E-state index in [4.69, 9.17) is 4.98 Å². The third-order valence-electron chi connectivity index (χ3n) is 4.17. The lowest BCUT2D eigenvalue weighted by atomic mass is 10.3. The molecular formula is C16H27N5. The van der Waals surface area contributed by atoms with E-state index in [1.54, 1.807) is 0 Å². The van der Waals surface area contributed by atoms with Crippen molar-refractivity contribution in [3.8, 4) is 0 Å². The van der Waals surface area contributed by atoms with Gasteiger partial charge in [0, 0.05) is 31.1 Å². The second-order valence-corrected chi connectivity index (χ2v) is 6.35. The first-order chi connectivity index (χ1) is 10.2. The number of nitrogens with one attached hydrogen (secondary N) is 2. The summed E-state index contributed by atoms with van der Waals surface area (Å²) in [6.07, 6.45) is 5.16. The van der Waals surface area contributed by atoms with E-state index in [2.05, 4.69) is 34.4 Å². The van der Waals surface area contributed by atoms with Crippen LogP contribution in [0.1, 0.15) is 51.3 Å². The standard InChI is InChI=1S/C16H27N5/c1-3-17-14-10-15(20-16(19-14)13-6-7-13)18-12(2)11-21-8-4-5-9-21/h10,12-13H,3-9,11H2,1-2H3,(H2,17,18,19,20). The lowest BCUT2D eigenvalue weighted by molar-refractivity contribution is 0.327. The molecule has 1 atom stereocenters. The molecule has 0 radical (unpaired) electrons. The number of aromatic nitrogens is 2. The molecule has 1 unspecified atom stereocenters. The summed E-state index contributed by atoms with van der Waals surface area (Å²) in [5, 5.41) is 6.87. The van der Waals surface area contributed by atoms with Crippen molar-refractivity contribution in [1.82, 2.24) is 14.9 Å². The molecule has 1 saturated carbocycles. The van der Waals surface area contributed by atoms with Crippen LogP contribution >= 0.6 is 0 Å². The molecule has 1 aliphatic carbocycles. The molecule has 0 aromatic carbocycles. The van der Waals surface area contributed by atoms with Crippen molar-refractivity contribution >= 4 is 11.6 Å². The molecule has 1 aliphatic heterocycles. The second-order valence-electron chi connectivity index (χ2n) is 6.35. The van der Waals surface area contributed by atoms with Gasteiger partial charge in [-0.05, 0) is 52.6 Å². The second kappa shape index (κ2) is 6.60. The van der Waals surface area contributed by atoms with Crippen molar-refractivity contribution in [2.24, 2.45) is 0 Å². The maximum Gasteiger partial charge on any atom is 0.136 e. The molecule has 5 nitrogen and oxygen atoms in total. The molecule has 2 fully saturated rings. The lowest BCUT2D eigenvalue weighted by Gasteiger charge is -2.22. The zero-order chi connectivity index (χ0) is 14.7. The van der Waals surface area contributed by atoms with E-state index in [-0.39, 0.29) is 0 Å². The third-order valence-corrected chi connectivity index (χ3v) is 4.17. The minimum Gasteiger partial charge on any atom is -0.370 e. The Morgan fingerprint density at radius 3 is 2.62 bits per heavy atom. The van der Waals surface area contributed by atoms with Crippen LogP contribution in [0.15, 0.2) is 6.07 Å². The Morgan fingerprint density at radius 2 is 1.95 bits per heavy atom. The van der Waals surface area contributed by atoms with E-state index in [1.807, 2.05) is 6.07 Å². The molecule has 0 spiro atoms. The van der Waals surface area contributed by atoms with Gasteiger partial charge < -0.3 is 15.5 Å². The summed E-state index contributed by atoms with van der Waals surface area (Å²) >= 11 is 0. The van der Waals surface area contributed by atoms with Gasteiger partial charge in [-0.2, -0.15) is 0 Å². The van der Waals surface area contributed by atoms with E-state index >= 15 is 0 Å². The highest BCUT2D eigenvalue weighted by Gasteiger charge is 2.27. The van der Waals surface area contributed by atoms with Gasteiger partial charge in [-0.15, -0.1) is 0 Å². The maximum absolute atomic E-state index is 4.71. The first-order valence-electron chi connectivity index (χ1n) is 8.36. The van der Waals surface area contributed by atoms with Gasteiger partial charge in [-0.25, -0.2) is 9.97 Å². The number of hydrogen-bond donors (Lipinski definition) is 2. The van der Waals surface area contributed by atoms with Gasteiger partial charge in [0.15, 0.2) is 0 Å². The fourth-order valence-electron chi connectivity index (χ4n) is 2.99. The quantitative estimate of drug-likeness (QED) is 0.808. The number of hydrogen-bond acceptors (Lipinski definition) is 5. The zero-order valence-electron chi connectivity index (χ0n) is 13.2. The fourth-order valence-corrected chi connectivity index (χ4v) is 2.99. The topological polar surface area (TPSA) is 53.1 Å². The van der Waals surface area contributed by atoms with Gasteiger partial charge >= 0.3 is 0 Å². The van der Waals surface area contributed by atoms with Crippen LogP contribution in [-0.4, -0.2) is 47.1 Å². The summed E-state index contributed by atoms with van der Waals surface area (Å²) in [5.41, 5.74) is 0. The van der Waals surface area contributed by atoms with Crippen LogP contribution in [0.3, 0.4) is 0 Å². The summed E-state index contributed by atoms with van der Waals surface area (Å²) < 4.78 is 0. The minimum absolute atomic E-state index is 0.416. The average molecular weight is 289 g/mol. The SMILES string of the molecule is CCNc1cc(NC(C)CN2CCCC2)nc(C2CC2)n1. The highest BCUT2D eigenvalue weighted by Crippen LogP contribution is 2.38. The largest absolute Gasteiger partial charge is 0.370 e. The number of rotatable bonds is 7. The Kier molecular flexibility index (Phi) is 4.58. The predicted octanol–water partition coefficient (Wildman–Crippen LogP) is 2.68. The van der Waals surface area contributed by atoms with Crippen LogP contribution in [0.25, 0.3) is 0 Å². The first-order valence-corrected chi connectivity index (χ1v) is 8.36. The predicted molar refractivity (Wildman–Crippen MR) is 86.9 cm³/mol. The van der Waals surface area contributed by atoms with Crippen LogP contribution in [0.2, 0.25) is 0 Å². The number of likely N-dealkylation sites (tertiary alicyclic amines) is 1. The van der Waals surface area contributed by atoms with Gasteiger partial charge in [0.25, 0.3) is 0 Å². The normalized spacial score (nSPS) is 20.5. The van der Waals surface area contributed by atoms with Crippen LogP contribution in [0, 0.1) is 0 Å². The monoisotopic (exact) mass is 289 g/mol. The molecule has 1 saturated heterocycles. The number of nitrogens with zero attached hydrogens (tertiary/aromatic N) is 3. The highest BCUT2D eigenvalue weighted by molar-refractivity contribution is 5.48. The lowest BCUT2D eigenvalue weighted by Crippen LogP contribution is -2.33. The highest BCUT2D eigenvalue weighted by atomic mass is 15.2.